The van der Waals surface area contributed by atoms with E-state index in [-0.39, 0.29) is 39.5 Å². The SMILES string of the molecule is COCC(=O)[O-].N[C@@H]1CCCC[C@H]1NCc1ccccc1[O-].[Pt+2]. The first-order valence-corrected chi connectivity index (χ1v) is 7.47. The summed E-state index contributed by atoms with van der Waals surface area (Å²) >= 11 is 0. The summed E-state index contributed by atoms with van der Waals surface area (Å²) in [6.45, 7) is 0.317. The van der Waals surface area contributed by atoms with E-state index in [1.807, 2.05) is 12.1 Å². The standard InChI is InChI=1S/C13H20N2O.C3H6O3.Pt/c14-11-6-2-3-7-12(11)15-9-10-5-1-4-8-13(10)16;1-6-2-3(4)5;/h1,4-5,8,11-12,15-16H,2-3,6-7,9,14H2;2H2,1H3,(H,4,5);/q;;+2/p-2/t11-,12-;;/m1../s1. The van der Waals surface area contributed by atoms with Crippen LogP contribution in [0.5, 0.6) is 5.75 Å². The molecule has 7 heteroatoms. The molecular weight excluding hydrogens is 479 g/mol. The minimum absolute atomic E-state index is 0. The molecule has 3 N–H and O–H groups in total. The number of hydrogen-bond acceptors (Lipinski definition) is 6. The van der Waals surface area contributed by atoms with E-state index in [9.17, 15) is 15.0 Å². The van der Waals surface area contributed by atoms with Gasteiger partial charge in [0.25, 0.3) is 0 Å². The third kappa shape index (κ3) is 9.06. The number of carbonyl (C=O) groups is 1. The molecule has 6 nitrogen and oxygen atoms in total. The number of carboxylic acid groups (broad SMARTS) is 1. The van der Waals surface area contributed by atoms with Crippen molar-refractivity contribution < 1.29 is 40.8 Å². The molecule has 0 amide bonds. The Kier molecular flexibility index (Phi) is 12.0. The molecule has 23 heavy (non-hydrogen) atoms. The smallest absolute Gasteiger partial charge is 0.872 e. The van der Waals surface area contributed by atoms with E-state index < -0.39 is 5.97 Å². The largest absolute Gasteiger partial charge is 2.00 e. The number of ether oxygens (including phenoxy) is 1. The van der Waals surface area contributed by atoms with Crippen molar-refractivity contribution in [2.75, 3.05) is 13.7 Å². The molecule has 1 saturated carbocycles. The fourth-order valence-electron chi connectivity index (χ4n) is 2.42. The molecule has 0 unspecified atom stereocenters. The fourth-order valence-corrected chi connectivity index (χ4v) is 2.42. The van der Waals surface area contributed by atoms with Crippen molar-refractivity contribution in [2.45, 2.75) is 44.3 Å². The average molecular weight is 503 g/mol. The van der Waals surface area contributed by atoms with Crippen molar-refractivity contribution in [2.24, 2.45) is 5.73 Å². The van der Waals surface area contributed by atoms with Crippen LogP contribution >= 0.6 is 0 Å². The maximum absolute atomic E-state index is 11.5. The summed E-state index contributed by atoms with van der Waals surface area (Å²) in [4.78, 5) is 9.36. The summed E-state index contributed by atoms with van der Waals surface area (Å²) in [5.41, 5.74) is 6.87. The third-order valence-electron chi connectivity index (χ3n) is 3.61. The number of hydrogen-bond donors (Lipinski definition) is 2. The first-order valence-electron chi connectivity index (χ1n) is 7.47. The van der Waals surface area contributed by atoms with Gasteiger partial charge in [0.15, 0.2) is 0 Å². The number of nitrogens with one attached hydrogen (secondary N) is 1. The van der Waals surface area contributed by atoms with E-state index in [0.29, 0.717) is 12.6 Å². The second kappa shape index (κ2) is 12.5. The molecule has 2 rings (SSSR count). The van der Waals surface area contributed by atoms with E-state index in [0.717, 1.165) is 18.4 Å². The number of benzene rings is 1. The van der Waals surface area contributed by atoms with Crippen LogP contribution < -0.4 is 21.3 Å². The summed E-state index contributed by atoms with van der Waals surface area (Å²) in [5.74, 6) is -1.07. The zero-order valence-corrected chi connectivity index (χ0v) is 15.5. The topological polar surface area (TPSA) is 110 Å². The number of rotatable bonds is 5. The molecule has 0 heterocycles. The van der Waals surface area contributed by atoms with Crippen LogP contribution in [-0.2, 0) is 37.1 Å². The van der Waals surface area contributed by atoms with Crippen LogP contribution in [0.1, 0.15) is 31.2 Å². The average Bonchev–Trinajstić information content (AvgIpc) is 2.48. The van der Waals surface area contributed by atoms with Crippen LogP contribution in [0.25, 0.3) is 0 Å². The number of aliphatic carboxylic acids is 1. The number of para-hydroxylation sites is 1. The molecule has 0 bridgehead atoms. The van der Waals surface area contributed by atoms with E-state index in [2.05, 4.69) is 10.1 Å². The Bertz CT molecular complexity index is 459. The number of methoxy groups -OCH3 is 1. The molecule has 132 valence electrons. The van der Waals surface area contributed by atoms with E-state index >= 15 is 0 Å². The van der Waals surface area contributed by atoms with Gasteiger partial charge in [-0.05, 0) is 18.4 Å². The minimum Gasteiger partial charge on any atom is -0.872 e. The summed E-state index contributed by atoms with van der Waals surface area (Å²) in [7, 11) is 1.30. The van der Waals surface area contributed by atoms with Crippen molar-refractivity contribution >= 4 is 5.97 Å². The molecule has 1 fully saturated rings. The van der Waals surface area contributed by atoms with Crippen molar-refractivity contribution in [3.05, 3.63) is 29.8 Å². The molecule has 2 atom stereocenters. The Morgan fingerprint density at radius 3 is 2.52 bits per heavy atom. The summed E-state index contributed by atoms with van der Waals surface area (Å²) in [6, 6.07) is 7.78. The minimum atomic E-state index is -1.18. The predicted molar refractivity (Wildman–Crippen MR) is 79.8 cm³/mol. The van der Waals surface area contributed by atoms with Gasteiger partial charge in [-0.25, -0.2) is 0 Å². The van der Waals surface area contributed by atoms with Gasteiger partial charge in [-0.15, -0.1) is 5.75 Å². The molecule has 0 spiro atoms. The van der Waals surface area contributed by atoms with Crippen LogP contribution in [0, 0.1) is 0 Å². The van der Waals surface area contributed by atoms with Crippen LogP contribution in [0.4, 0.5) is 0 Å². The summed E-state index contributed by atoms with van der Waals surface area (Å²) in [5, 5.41) is 24.3. The summed E-state index contributed by atoms with van der Waals surface area (Å²) < 4.78 is 4.14. The number of carbonyl (C=O) groups excluding carboxylic acids is 1. The van der Waals surface area contributed by atoms with Crippen molar-refractivity contribution in [1.82, 2.24) is 5.32 Å². The van der Waals surface area contributed by atoms with Gasteiger partial charge in [-0.3, -0.25) is 0 Å². The Balaban J connectivity index is 0.000000599. The molecule has 1 aromatic rings. The number of nitrogens with two attached hydrogens (primary N) is 1. The number of carboxylic acids is 1. The molecular formula is C16H24N2O4Pt. The van der Waals surface area contributed by atoms with Gasteiger partial charge < -0.3 is 30.8 Å². The van der Waals surface area contributed by atoms with E-state index in [1.165, 1.54) is 20.0 Å². The molecule has 1 aliphatic carbocycles. The maximum Gasteiger partial charge on any atom is 2.00 e. The van der Waals surface area contributed by atoms with Crippen LogP contribution in [-0.4, -0.2) is 31.8 Å². The Morgan fingerprint density at radius 1 is 1.35 bits per heavy atom. The Morgan fingerprint density at radius 2 is 2.00 bits per heavy atom. The molecule has 1 aromatic carbocycles. The van der Waals surface area contributed by atoms with Gasteiger partial charge in [0.05, 0.1) is 12.6 Å². The second-order valence-electron chi connectivity index (χ2n) is 5.35. The first kappa shape index (κ1) is 22.1. The van der Waals surface area contributed by atoms with Gasteiger partial charge in [0.2, 0.25) is 0 Å². The zero-order valence-electron chi connectivity index (χ0n) is 13.2. The van der Waals surface area contributed by atoms with Crippen LogP contribution in [0.15, 0.2) is 24.3 Å². The maximum atomic E-state index is 11.5. The van der Waals surface area contributed by atoms with Crippen molar-refractivity contribution in [3.63, 3.8) is 0 Å². The monoisotopic (exact) mass is 503 g/mol. The van der Waals surface area contributed by atoms with Gasteiger partial charge >= 0.3 is 21.1 Å². The molecule has 0 aliphatic heterocycles. The van der Waals surface area contributed by atoms with Gasteiger partial charge in [-0.2, -0.15) is 0 Å². The molecule has 0 aromatic heterocycles. The zero-order chi connectivity index (χ0) is 16.4. The third-order valence-corrected chi connectivity index (χ3v) is 3.61. The van der Waals surface area contributed by atoms with Gasteiger partial charge in [0.1, 0.15) is 0 Å². The molecule has 0 radical (unpaired) electrons. The first-order chi connectivity index (χ1) is 10.5. The normalized spacial score (nSPS) is 19.9. The quantitative estimate of drug-likeness (QED) is 0.561. The predicted octanol–water partition coefficient (Wildman–Crippen LogP) is -0.500. The molecule has 1 aliphatic rings. The van der Waals surface area contributed by atoms with Crippen LogP contribution in [0.2, 0.25) is 0 Å². The Hall–Kier alpha value is -0.942. The fraction of sp³-hybridized carbons (Fsp3) is 0.562. The van der Waals surface area contributed by atoms with Crippen molar-refractivity contribution in [1.29, 1.82) is 0 Å². The van der Waals surface area contributed by atoms with Gasteiger partial charge in [-0.1, -0.05) is 37.1 Å². The molecule has 0 saturated heterocycles. The summed E-state index contributed by atoms with van der Waals surface area (Å²) in [6.07, 6.45) is 4.70. The Labute approximate surface area is 151 Å². The van der Waals surface area contributed by atoms with E-state index in [4.69, 9.17) is 5.73 Å². The second-order valence-corrected chi connectivity index (χ2v) is 5.35. The van der Waals surface area contributed by atoms with E-state index in [1.54, 1.807) is 12.1 Å². The van der Waals surface area contributed by atoms with Crippen LogP contribution in [0.3, 0.4) is 0 Å². The van der Waals surface area contributed by atoms with Crippen molar-refractivity contribution in [3.8, 4) is 5.75 Å². The van der Waals surface area contributed by atoms with Gasteiger partial charge in [0, 0.05) is 25.7 Å².